The van der Waals surface area contributed by atoms with Gasteiger partial charge >= 0.3 is 0 Å². The average molecular weight is 379 g/mol. The Labute approximate surface area is 149 Å². The van der Waals surface area contributed by atoms with Gasteiger partial charge in [-0.2, -0.15) is 0 Å². The van der Waals surface area contributed by atoms with Gasteiger partial charge in [0.25, 0.3) is 5.17 Å². The third-order valence-corrected chi connectivity index (χ3v) is 5.16. The fraction of sp³-hybridized carbons (Fsp3) is 0.400. The van der Waals surface area contributed by atoms with Crippen LogP contribution in [0.2, 0.25) is 5.02 Å². The van der Waals surface area contributed by atoms with Gasteiger partial charge in [0, 0.05) is 25.1 Å². The van der Waals surface area contributed by atoms with E-state index in [0.717, 1.165) is 19.5 Å². The second-order valence-corrected chi connectivity index (χ2v) is 7.61. The van der Waals surface area contributed by atoms with Gasteiger partial charge in [0.05, 0.1) is 11.6 Å². The molecule has 1 unspecified atom stereocenters. The second kappa shape index (κ2) is 6.44. The lowest BCUT2D eigenvalue weighted by molar-refractivity contribution is 0.297. The van der Waals surface area contributed by atoms with Gasteiger partial charge in [0.2, 0.25) is 0 Å². The summed E-state index contributed by atoms with van der Waals surface area (Å²) >= 11 is 23.4. The molecular formula is C15H14Cl3NO2S. The van der Waals surface area contributed by atoms with Crippen LogP contribution in [0.25, 0.3) is 0 Å². The summed E-state index contributed by atoms with van der Waals surface area (Å²) in [5.74, 6) is 1.26. The zero-order valence-corrected chi connectivity index (χ0v) is 14.7. The molecule has 0 amide bonds. The molecule has 0 saturated heterocycles. The quantitative estimate of drug-likeness (QED) is 0.438. The lowest BCUT2D eigenvalue weighted by Crippen LogP contribution is -2.30. The number of alkyl halides is 2. The minimum Gasteiger partial charge on any atom is -0.491 e. The summed E-state index contributed by atoms with van der Waals surface area (Å²) in [7, 11) is 0. The summed E-state index contributed by atoms with van der Waals surface area (Å²) in [6.45, 7) is 1.96. The van der Waals surface area contributed by atoms with E-state index >= 15 is 0 Å². The van der Waals surface area contributed by atoms with Crippen LogP contribution in [-0.2, 0) is 0 Å². The molecule has 0 N–H and O–H groups in total. The first-order chi connectivity index (χ1) is 10.5. The molecule has 7 heteroatoms. The Morgan fingerprint density at radius 1 is 1.32 bits per heavy atom. The van der Waals surface area contributed by atoms with Gasteiger partial charge < -0.3 is 14.4 Å². The van der Waals surface area contributed by atoms with Crippen molar-refractivity contribution in [2.24, 2.45) is 5.92 Å². The van der Waals surface area contributed by atoms with Crippen molar-refractivity contribution in [3.63, 3.8) is 0 Å². The van der Waals surface area contributed by atoms with Gasteiger partial charge in [-0.05, 0) is 30.8 Å². The zero-order chi connectivity index (χ0) is 15.7. The molecule has 0 radical (unpaired) electrons. The minimum absolute atomic E-state index is 0.133. The Kier molecular flexibility index (Phi) is 4.74. The molecule has 0 bridgehead atoms. The van der Waals surface area contributed by atoms with Crippen molar-refractivity contribution < 1.29 is 9.47 Å². The highest BCUT2D eigenvalue weighted by Gasteiger charge is 2.52. The molecule has 0 spiro atoms. The molecule has 3 nitrogen and oxygen atoms in total. The maximum absolute atomic E-state index is 6.14. The molecule has 1 fully saturated rings. The number of halogens is 3. The Bertz CT molecular complexity index is 613. The number of hydrogen-bond acceptors (Lipinski definition) is 3. The standard InChI is InChI=1S/C15H14Cl3NO2S/c16-12-4-3-11(21-14(22)19-5-1-2-6-19)7-13(12)20-9-10-8-15(10,17)18/h1-4,7,10H,5-6,8-9H2. The fourth-order valence-corrected chi connectivity index (χ4v) is 3.01. The Morgan fingerprint density at radius 2 is 2.00 bits per heavy atom. The van der Waals surface area contributed by atoms with Gasteiger partial charge in [0.1, 0.15) is 15.8 Å². The summed E-state index contributed by atoms with van der Waals surface area (Å²) in [5, 5.41) is 0.942. The molecule has 1 heterocycles. The number of benzene rings is 1. The summed E-state index contributed by atoms with van der Waals surface area (Å²) in [4.78, 5) is 1.95. The van der Waals surface area contributed by atoms with E-state index in [4.69, 9.17) is 56.5 Å². The summed E-state index contributed by atoms with van der Waals surface area (Å²) in [5.41, 5.74) is 0. The van der Waals surface area contributed by atoms with Crippen molar-refractivity contribution in [1.82, 2.24) is 4.90 Å². The molecule has 2 aliphatic rings. The van der Waals surface area contributed by atoms with Crippen LogP contribution in [0.15, 0.2) is 30.4 Å². The maximum Gasteiger partial charge on any atom is 0.265 e. The van der Waals surface area contributed by atoms with Crippen molar-refractivity contribution in [2.75, 3.05) is 19.7 Å². The fourth-order valence-electron chi connectivity index (χ4n) is 2.09. The third-order valence-electron chi connectivity index (χ3n) is 3.58. The van der Waals surface area contributed by atoms with Crippen LogP contribution in [-0.4, -0.2) is 34.1 Å². The first-order valence-electron chi connectivity index (χ1n) is 6.87. The van der Waals surface area contributed by atoms with E-state index in [1.807, 2.05) is 17.1 Å². The van der Waals surface area contributed by atoms with E-state index in [9.17, 15) is 0 Å². The maximum atomic E-state index is 6.14. The molecule has 1 saturated carbocycles. The highest BCUT2D eigenvalue weighted by atomic mass is 35.5. The predicted octanol–water partition coefficient (Wildman–Crippen LogP) is 4.45. The molecule has 1 aromatic rings. The SMILES string of the molecule is S=C(Oc1ccc(Cl)c(OCC2CC2(Cl)Cl)c1)N1CC=CC1. The molecule has 1 aliphatic heterocycles. The first kappa shape index (κ1) is 16.2. The predicted molar refractivity (Wildman–Crippen MR) is 93.4 cm³/mol. The van der Waals surface area contributed by atoms with Gasteiger partial charge in [-0.3, -0.25) is 0 Å². The average Bonchev–Trinajstić information content (AvgIpc) is 2.91. The Morgan fingerprint density at radius 3 is 2.64 bits per heavy atom. The van der Waals surface area contributed by atoms with Crippen LogP contribution in [0, 0.1) is 5.92 Å². The van der Waals surface area contributed by atoms with Gasteiger partial charge in [-0.1, -0.05) is 23.8 Å². The molecule has 22 heavy (non-hydrogen) atoms. The molecule has 0 aromatic heterocycles. The zero-order valence-electron chi connectivity index (χ0n) is 11.6. The van der Waals surface area contributed by atoms with Crippen molar-refractivity contribution in [3.05, 3.63) is 35.4 Å². The first-order valence-corrected chi connectivity index (χ1v) is 8.42. The highest BCUT2D eigenvalue weighted by Crippen LogP contribution is 2.53. The van der Waals surface area contributed by atoms with Crippen LogP contribution >= 0.6 is 47.0 Å². The molecule has 1 aromatic carbocycles. The Hall–Kier alpha value is -0.680. The van der Waals surface area contributed by atoms with Crippen LogP contribution in [0.3, 0.4) is 0 Å². The number of thiocarbonyl (C=S) groups is 1. The van der Waals surface area contributed by atoms with E-state index in [-0.39, 0.29) is 5.92 Å². The lowest BCUT2D eigenvalue weighted by atomic mass is 10.3. The molecule has 118 valence electrons. The highest BCUT2D eigenvalue weighted by molar-refractivity contribution is 7.80. The van der Waals surface area contributed by atoms with Crippen molar-refractivity contribution in [2.45, 2.75) is 10.8 Å². The van der Waals surface area contributed by atoms with Crippen molar-refractivity contribution >= 4 is 52.2 Å². The van der Waals surface area contributed by atoms with Gasteiger partial charge in [0.15, 0.2) is 0 Å². The topological polar surface area (TPSA) is 21.7 Å². The number of ether oxygens (including phenoxy) is 2. The van der Waals surface area contributed by atoms with Crippen LogP contribution < -0.4 is 9.47 Å². The minimum atomic E-state index is -0.662. The van der Waals surface area contributed by atoms with E-state index in [1.54, 1.807) is 18.2 Å². The van der Waals surface area contributed by atoms with E-state index in [1.165, 1.54) is 0 Å². The monoisotopic (exact) mass is 377 g/mol. The number of rotatable bonds is 4. The van der Waals surface area contributed by atoms with Gasteiger partial charge in [-0.25, -0.2) is 0 Å². The molecule has 1 atom stereocenters. The van der Waals surface area contributed by atoms with Crippen LogP contribution in [0.5, 0.6) is 11.5 Å². The van der Waals surface area contributed by atoms with Crippen LogP contribution in [0.4, 0.5) is 0 Å². The molecule has 3 rings (SSSR count). The third kappa shape index (κ3) is 3.80. The van der Waals surface area contributed by atoms with Crippen molar-refractivity contribution in [3.8, 4) is 11.5 Å². The lowest BCUT2D eigenvalue weighted by Gasteiger charge is -2.18. The normalized spacial score (nSPS) is 21.8. The smallest absolute Gasteiger partial charge is 0.265 e. The number of hydrogen-bond donors (Lipinski definition) is 0. The van der Waals surface area contributed by atoms with E-state index in [0.29, 0.717) is 28.3 Å². The van der Waals surface area contributed by atoms with Gasteiger partial charge in [-0.15, -0.1) is 23.2 Å². The van der Waals surface area contributed by atoms with E-state index in [2.05, 4.69) is 0 Å². The number of nitrogens with zero attached hydrogens (tertiary/aromatic N) is 1. The largest absolute Gasteiger partial charge is 0.491 e. The molecular weight excluding hydrogens is 365 g/mol. The van der Waals surface area contributed by atoms with Crippen LogP contribution in [0.1, 0.15) is 6.42 Å². The Balaban J connectivity index is 1.60. The van der Waals surface area contributed by atoms with E-state index < -0.39 is 4.33 Å². The summed E-state index contributed by atoms with van der Waals surface area (Å²) in [6.07, 6.45) is 4.83. The summed E-state index contributed by atoms with van der Waals surface area (Å²) in [6, 6.07) is 5.21. The molecule has 1 aliphatic carbocycles. The summed E-state index contributed by atoms with van der Waals surface area (Å²) < 4.78 is 10.7. The van der Waals surface area contributed by atoms with Crippen molar-refractivity contribution in [1.29, 1.82) is 0 Å². The second-order valence-electron chi connectivity index (χ2n) is 5.31.